The Balaban J connectivity index is 2.09. The fourth-order valence-electron chi connectivity index (χ4n) is 1.90. The maximum Gasteiger partial charge on any atom is 0.254 e. The number of nitrogens with one attached hydrogen (secondary N) is 1. The molecule has 0 radical (unpaired) electrons. The van der Waals surface area contributed by atoms with Gasteiger partial charge in [0, 0.05) is 12.0 Å². The number of carbonyl (C=O) groups is 1. The van der Waals surface area contributed by atoms with Crippen molar-refractivity contribution in [2.75, 3.05) is 6.54 Å². The van der Waals surface area contributed by atoms with Gasteiger partial charge in [0.15, 0.2) is 10.3 Å². The lowest BCUT2D eigenvalue weighted by Gasteiger charge is -2.25. The van der Waals surface area contributed by atoms with Crippen molar-refractivity contribution < 1.29 is 4.79 Å². The maximum absolute atomic E-state index is 12.2. The topological polar surface area (TPSA) is 54.9 Å². The fourth-order valence-corrected chi connectivity index (χ4v) is 2.23. The summed E-state index contributed by atoms with van der Waals surface area (Å²) in [7, 11) is 0. The molecule has 0 saturated heterocycles. The molecule has 1 amide bonds. The molecule has 2 rings (SSSR count). The Hall–Kier alpha value is -1.65. The largest absolute Gasteiger partial charge is 0.351 e. The average molecular weight is 324 g/mol. The van der Waals surface area contributed by atoms with Crippen molar-refractivity contribution in [3.05, 3.63) is 57.8 Å². The van der Waals surface area contributed by atoms with Crippen LogP contribution in [0.5, 0.6) is 0 Å². The van der Waals surface area contributed by atoms with Crippen LogP contribution in [-0.4, -0.2) is 22.6 Å². The second kappa shape index (κ2) is 6.41. The van der Waals surface area contributed by atoms with Gasteiger partial charge in [-0.1, -0.05) is 67.4 Å². The van der Waals surface area contributed by atoms with Gasteiger partial charge < -0.3 is 5.32 Å². The molecule has 0 aliphatic rings. The summed E-state index contributed by atoms with van der Waals surface area (Å²) in [5, 5.41) is 10.2. The first-order valence-corrected chi connectivity index (χ1v) is 7.18. The molecule has 0 bridgehead atoms. The van der Waals surface area contributed by atoms with Gasteiger partial charge in [-0.05, 0) is 11.6 Å². The van der Waals surface area contributed by atoms with Gasteiger partial charge in [-0.25, -0.2) is 0 Å². The smallest absolute Gasteiger partial charge is 0.254 e. The lowest BCUT2D eigenvalue weighted by atomic mass is 9.84. The highest BCUT2D eigenvalue weighted by Crippen LogP contribution is 2.22. The number of hydrogen-bond donors (Lipinski definition) is 1. The normalized spacial score (nSPS) is 11.2. The number of aromatic nitrogens is 2. The van der Waals surface area contributed by atoms with Crippen molar-refractivity contribution in [1.82, 2.24) is 15.5 Å². The van der Waals surface area contributed by atoms with Crippen LogP contribution in [0.1, 0.15) is 29.8 Å². The molecule has 0 atom stereocenters. The number of amides is 1. The molecule has 6 heteroatoms. The van der Waals surface area contributed by atoms with Crippen LogP contribution in [0.2, 0.25) is 10.3 Å². The predicted molar refractivity (Wildman–Crippen MR) is 83.9 cm³/mol. The van der Waals surface area contributed by atoms with Crippen LogP contribution in [0.25, 0.3) is 0 Å². The molecule has 1 aromatic heterocycles. The molecule has 0 fully saturated rings. The monoisotopic (exact) mass is 323 g/mol. The molecule has 21 heavy (non-hydrogen) atoms. The highest BCUT2D eigenvalue weighted by molar-refractivity contribution is 6.34. The van der Waals surface area contributed by atoms with Gasteiger partial charge in [0.05, 0.1) is 5.56 Å². The van der Waals surface area contributed by atoms with Crippen LogP contribution in [0.15, 0.2) is 36.4 Å². The van der Waals surface area contributed by atoms with Crippen molar-refractivity contribution in [3.8, 4) is 0 Å². The van der Waals surface area contributed by atoms with Crippen LogP contribution < -0.4 is 5.32 Å². The highest BCUT2D eigenvalue weighted by atomic mass is 35.5. The molecule has 0 aliphatic heterocycles. The first-order chi connectivity index (χ1) is 9.90. The molecule has 1 aromatic carbocycles. The van der Waals surface area contributed by atoms with Crippen LogP contribution in [0.3, 0.4) is 0 Å². The van der Waals surface area contributed by atoms with Crippen LogP contribution >= 0.6 is 23.2 Å². The van der Waals surface area contributed by atoms with E-state index in [1.54, 1.807) is 0 Å². The van der Waals surface area contributed by atoms with E-state index in [1.807, 2.05) is 30.3 Å². The first kappa shape index (κ1) is 15.7. The van der Waals surface area contributed by atoms with E-state index in [-0.39, 0.29) is 27.2 Å². The average Bonchev–Trinajstić information content (AvgIpc) is 2.48. The molecule has 110 valence electrons. The summed E-state index contributed by atoms with van der Waals surface area (Å²) < 4.78 is 0. The SMILES string of the molecule is CC(C)(CNC(=O)c1cc(Cl)nnc1Cl)c1ccccc1. The number of rotatable bonds is 4. The lowest BCUT2D eigenvalue weighted by molar-refractivity contribution is 0.0945. The molecule has 0 aliphatic carbocycles. The van der Waals surface area contributed by atoms with E-state index in [1.165, 1.54) is 6.07 Å². The van der Waals surface area contributed by atoms with E-state index < -0.39 is 0 Å². The summed E-state index contributed by atoms with van der Waals surface area (Å²) >= 11 is 11.6. The highest BCUT2D eigenvalue weighted by Gasteiger charge is 2.22. The number of benzene rings is 1. The van der Waals surface area contributed by atoms with E-state index in [2.05, 4.69) is 29.4 Å². The minimum atomic E-state index is -0.319. The lowest BCUT2D eigenvalue weighted by Crippen LogP contribution is -2.36. The van der Waals surface area contributed by atoms with Crippen LogP contribution in [-0.2, 0) is 5.41 Å². The van der Waals surface area contributed by atoms with Gasteiger partial charge in [-0.3, -0.25) is 4.79 Å². The molecular weight excluding hydrogens is 309 g/mol. The Labute approximate surface area is 133 Å². The van der Waals surface area contributed by atoms with E-state index in [0.29, 0.717) is 6.54 Å². The second-order valence-corrected chi connectivity index (χ2v) is 6.05. The standard InChI is InChI=1S/C15H15Cl2N3O/c1-15(2,10-6-4-3-5-7-10)9-18-14(21)11-8-12(16)19-20-13(11)17/h3-8H,9H2,1-2H3,(H,18,21). The van der Waals surface area contributed by atoms with Crippen molar-refractivity contribution in [2.24, 2.45) is 0 Å². The van der Waals surface area contributed by atoms with Gasteiger partial charge in [0.1, 0.15) is 0 Å². The predicted octanol–water partition coefficient (Wildman–Crippen LogP) is 3.49. The summed E-state index contributed by atoms with van der Waals surface area (Å²) in [6.07, 6.45) is 0. The molecule has 0 unspecified atom stereocenters. The molecule has 1 heterocycles. The maximum atomic E-state index is 12.2. The summed E-state index contributed by atoms with van der Waals surface area (Å²) in [6.45, 7) is 4.58. The summed E-state index contributed by atoms with van der Waals surface area (Å²) in [5.74, 6) is -0.319. The minimum Gasteiger partial charge on any atom is -0.351 e. The van der Waals surface area contributed by atoms with Gasteiger partial charge in [0.2, 0.25) is 0 Å². The Bertz CT molecular complexity index is 645. The quantitative estimate of drug-likeness (QED) is 0.937. The zero-order chi connectivity index (χ0) is 15.5. The Morgan fingerprint density at radius 2 is 1.86 bits per heavy atom. The minimum absolute atomic E-state index is 0.0365. The third-order valence-electron chi connectivity index (χ3n) is 3.21. The van der Waals surface area contributed by atoms with E-state index in [4.69, 9.17) is 23.2 Å². The molecule has 4 nitrogen and oxygen atoms in total. The van der Waals surface area contributed by atoms with E-state index >= 15 is 0 Å². The molecule has 1 N–H and O–H groups in total. The summed E-state index contributed by atoms with van der Waals surface area (Å²) in [4.78, 5) is 12.2. The van der Waals surface area contributed by atoms with Gasteiger partial charge in [0.25, 0.3) is 5.91 Å². The number of nitrogens with zero attached hydrogens (tertiary/aromatic N) is 2. The summed E-state index contributed by atoms with van der Waals surface area (Å²) in [5.41, 5.74) is 1.16. The van der Waals surface area contributed by atoms with Crippen LogP contribution in [0.4, 0.5) is 0 Å². The number of halogens is 2. The van der Waals surface area contributed by atoms with Crippen molar-refractivity contribution >= 4 is 29.1 Å². The Morgan fingerprint density at radius 1 is 1.19 bits per heavy atom. The van der Waals surface area contributed by atoms with Crippen molar-refractivity contribution in [1.29, 1.82) is 0 Å². The molecule has 0 saturated carbocycles. The zero-order valence-electron chi connectivity index (χ0n) is 11.7. The third kappa shape index (κ3) is 3.93. The van der Waals surface area contributed by atoms with E-state index in [9.17, 15) is 4.79 Å². The molecular formula is C15H15Cl2N3O. The first-order valence-electron chi connectivity index (χ1n) is 6.42. The van der Waals surface area contributed by atoms with Gasteiger partial charge in [-0.2, -0.15) is 0 Å². The van der Waals surface area contributed by atoms with Gasteiger partial charge >= 0.3 is 0 Å². The van der Waals surface area contributed by atoms with Gasteiger partial charge in [-0.15, -0.1) is 10.2 Å². The fraction of sp³-hybridized carbons (Fsp3) is 0.267. The summed E-state index contributed by atoms with van der Waals surface area (Å²) in [6, 6.07) is 11.4. The van der Waals surface area contributed by atoms with Crippen molar-refractivity contribution in [2.45, 2.75) is 19.3 Å². The Morgan fingerprint density at radius 3 is 2.52 bits per heavy atom. The Kier molecular flexibility index (Phi) is 4.80. The van der Waals surface area contributed by atoms with Crippen LogP contribution in [0, 0.1) is 0 Å². The molecule has 2 aromatic rings. The molecule has 0 spiro atoms. The van der Waals surface area contributed by atoms with Crippen molar-refractivity contribution in [3.63, 3.8) is 0 Å². The zero-order valence-corrected chi connectivity index (χ0v) is 13.2. The van der Waals surface area contributed by atoms with E-state index in [0.717, 1.165) is 5.56 Å². The third-order valence-corrected chi connectivity index (χ3v) is 3.67. The second-order valence-electron chi connectivity index (χ2n) is 5.30. The number of hydrogen-bond acceptors (Lipinski definition) is 3. The number of carbonyl (C=O) groups excluding carboxylic acids is 1.